The monoisotopic (exact) mass is 456 g/mol. The zero-order valence-electron chi connectivity index (χ0n) is 17.4. The molecule has 0 bridgehead atoms. The summed E-state index contributed by atoms with van der Waals surface area (Å²) in [5.74, 6) is 0.923. The van der Waals surface area contributed by atoms with Gasteiger partial charge in [-0.05, 0) is 72.6 Å². The fourth-order valence-electron chi connectivity index (χ4n) is 2.63. The molecule has 0 spiro atoms. The highest BCUT2D eigenvalue weighted by Gasteiger charge is 2.07. The Hall–Kier alpha value is -3.58. The van der Waals surface area contributed by atoms with E-state index in [4.69, 9.17) is 25.8 Å². The molecule has 3 aromatic rings. The molecule has 0 heterocycles. The first-order chi connectivity index (χ1) is 15.5. The van der Waals surface area contributed by atoms with Crippen LogP contribution in [0.15, 0.2) is 71.8 Å². The second-order valence-corrected chi connectivity index (χ2v) is 7.03. The van der Waals surface area contributed by atoms with E-state index in [1.54, 1.807) is 54.6 Å². The molecule has 0 saturated heterocycles. The Balaban J connectivity index is 1.54. The zero-order chi connectivity index (χ0) is 22.8. The van der Waals surface area contributed by atoms with Crippen molar-refractivity contribution in [2.75, 3.05) is 13.2 Å². The summed E-state index contributed by atoms with van der Waals surface area (Å²) in [4.78, 5) is 11.9. The summed E-state index contributed by atoms with van der Waals surface area (Å²) in [5, 5.41) is 4.53. The maximum Gasteiger partial charge on any atom is 0.277 e. The molecule has 0 radical (unpaired) electrons. The lowest BCUT2D eigenvalue weighted by atomic mass is 10.2. The van der Waals surface area contributed by atoms with Gasteiger partial charge in [-0.1, -0.05) is 23.7 Å². The van der Waals surface area contributed by atoms with Gasteiger partial charge in [0.05, 0.1) is 12.8 Å². The number of hydrogen-bond donors (Lipinski definition) is 1. The van der Waals surface area contributed by atoms with Crippen LogP contribution in [0.4, 0.5) is 4.39 Å². The molecular formula is C24H22ClFN2O4. The summed E-state index contributed by atoms with van der Waals surface area (Å²) in [7, 11) is 0. The van der Waals surface area contributed by atoms with Gasteiger partial charge in [0.1, 0.15) is 18.2 Å². The maximum atomic E-state index is 13.0. The van der Waals surface area contributed by atoms with E-state index in [0.717, 1.165) is 5.56 Å². The molecule has 0 aliphatic rings. The van der Waals surface area contributed by atoms with Crippen LogP contribution in [-0.4, -0.2) is 25.3 Å². The number of nitrogens with zero attached hydrogens (tertiary/aromatic N) is 1. The first-order valence-electron chi connectivity index (χ1n) is 9.88. The van der Waals surface area contributed by atoms with E-state index < -0.39 is 5.91 Å². The van der Waals surface area contributed by atoms with Crippen molar-refractivity contribution < 1.29 is 23.4 Å². The van der Waals surface area contributed by atoms with Gasteiger partial charge in [-0.25, -0.2) is 9.82 Å². The van der Waals surface area contributed by atoms with Crippen molar-refractivity contribution in [3.63, 3.8) is 0 Å². The molecule has 0 aliphatic carbocycles. The van der Waals surface area contributed by atoms with Crippen molar-refractivity contribution in [3.8, 4) is 17.2 Å². The average Bonchev–Trinajstić information content (AvgIpc) is 2.79. The largest absolute Gasteiger partial charge is 0.490 e. The number of carbonyl (C=O) groups is 1. The minimum Gasteiger partial charge on any atom is -0.490 e. The van der Waals surface area contributed by atoms with Crippen molar-refractivity contribution in [1.29, 1.82) is 0 Å². The SMILES string of the molecule is CCOc1cc(C=NNC(=O)COc2ccc(Cl)cc2)ccc1OCc1ccc(F)cc1. The van der Waals surface area contributed by atoms with Crippen LogP contribution in [0, 0.1) is 5.82 Å². The van der Waals surface area contributed by atoms with Crippen LogP contribution in [0.2, 0.25) is 5.02 Å². The Labute approximate surface area is 190 Å². The topological polar surface area (TPSA) is 69.2 Å². The quantitative estimate of drug-likeness (QED) is 0.345. The van der Waals surface area contributed by atoms with E-state index in [2.05, 4.69) is 10.5 Å². The van der Waals surface area contributed by atoms with Crippen LogP contribution >= 0.6 is 11.6 Å². The molecule has 1 amide bonds. The molecule has 0 atom stereocenters. The molecule has 8 heteroatoms. The summed E-state index contributed by atoms with van der Waals surface area (Å²) < 4.78 is 29.8. The molecular weight excluding hydrogens is 435 g/mol. The molecule has 166 valence electrons. The first-order valence-corrected chi connectivity index (χ1v) is 10.3. The van der Waals surface area contributed by atoms with Crippen molar-refractivity contribution in [3.05, 3.63) is 88.7 Å². The average molecular weight is 457 g/mol. The molecule has 3 rings (SSSR count). The van der Waals surface area contributed by atoms with Gasteiger partial charge in [0.15, 0.2) is 18.1 Å². The second kappa shape index (κ2) is 11.7. The van der Waals surface area contributed by atoms with E-state index in [1.807, 2.05) is 6.92 Å². The first kappa shape index (κ1) is 23.1. The number of carbonyl (C=O) groups excluding carboxylic acids is 1. The highest BCUT2D eigenvalue weighted by molar-refractivity contribution is 6.30. The van der Waals surface area contributed by atoms with Gasteiger partial charge >= 0.3 is 0 Å². The molecule has 6 nitrogen and oxygen atoms in total. The molecule has 32 heavy (non-hydrogen) atoms. The molecule has 3 aromatic carbocycles. The van der Waals surface area contributed by atoms with E-state index in [-0.39, 0.29) is 19.0 Å². The molecule has 0 aromatic heterocycles. The van der Waals surface area contributed by atoms with Crippen LogP contribution in [-0.2, 0) is 11.4 Å². The zero-order valence-corrected chi connectivity index (χ0v) is 18.1. The number of hydrogen-bond acceptors (Lipinski definition) is 5. The van der Waals surface area contributed by atoms with Crippen molar-refractivity contribution in [2.45, 2.75) is 13.5 Å². The molecule has 1 N–H and O–H groups in total. The Bertz CT molecular complexity index is 1060. The minimum atomic E-state index is -0.402. The highest BCUT2D eigenvalue weighted by Crippen LogP contribution is 2.29. The maximum absolute atomic E-state index is 13.0. The number of nitrogens with one attached hydrogen (secondary N) is 1. The van der Waals surface area contributed by atoms with E-state index in [0.29, 0.717) is 34.4 Å². The Kier molecular flexibility index (Phi) is 8.45. The normalized spacial score (nSPS) is 10.7. The van der Waals surface area contributed by atoms with Crippen LogP contribution in [0.25, 0.3) is 0 Å². The lowest BCUT2D eigenvalue weighted by molar-refractivity contribution is -0.123. The summed E-state index contributed by atoms with van der Waals surface area (Å²) in [6.45, 7) is 2.41. The molecule has 0 fully saturated rings. The fourth-order valence-corrected chi connectivity index (χ4v) is 2.75. The van der Waals surface area contributed by atoms with Crippen LogP contribution in [0.3, 0.4) is 0 Å². The van der Waals surface area contributed by atoms with Crippen LogP contribution in [0.5, 0.6) is 17.2 Å². The minimum absolute atomic E-state index is 0.181. The number of amides is 1. The molecule has 0 aliphatic heterocycles. The lowest BCUT2D eigenvalue weighted by Gasteiger charge is -2.12. The van der Waals surface area contributed by atoms with Gasteiger partial charge < -0.3 is 14.2 Å². The number of hydrazone groups is 1. The standard InChI is InChI=1S/C24H22ClFN2O4/c1-2-30-23-13-18(5-12-22(23)32-15-17-3-8-20(26)9-4-17)14-27-28-24(29)16-31-21-10-6-19(25)7-11-21/h3-14H,2,15-16H2,1H3,(H,28,29). The summed E-state index contributed by atoms with van der Waals surface area (Å²) in [6.07, 6.45) is 1.49. The molecule has 0 unspecified atom stereocenters. The van der Waals surface area contributed by atoms with Gasteiger partial charge in [0.25, 0.3) is 5.91 Å². The van der Waals surface area contributed by atoms with Crippen molar-refractivity contribution in [2.24, 2.45) is 5.10 Å². The number of halogens is 2. The van der Waals surface area contributed by atoms with E-state index >= 15 is 0 Å². The lowest BCUT2D eigenvalue weighted by Crippen LogP contribution is -2.24. The molecule has 0 saturated carbocycles. The predicted molar refractivity (Wildman–Crippen MR) is 121 cm³/mol. The van der Waals surface area contributed by atoms with Crippen molar-refractivity contribution in [1.82, 2.24) is 5.43 Å². The van der Waals surface area contributed by atoms with Gasteiger partial charge in [0, 0.05) is 5.02 Å². The predicted octanol–water partition coefficient (Wildman–Crippen LogP) is 4.99. The third-order valence-electron chi connectivity index (χ3n) is 4.16. The van der Waals surface area contributed by atoms with Crippen LogP contribution in [0.1, 0.15) is 18.1 Å². The summed E-state index contributed by atoms with van der Waals surface area (Å²) >= 11 is 5.81. The Morgan fingerprint density at radius 2 is 1.75 bits per heavy atom. The van der Waals surface area contributed by atoms with E-state index in [9.17, 15) is 9.18 Å². The third-order valence-corrected chi connectivity index (χ3v) is 4.41. The summed E-state index contributed by atoms with van der Waals surface area (Å²) in [5.41, 5.74) is 3.95. The second-order valence-electron chi connectivity index (χ2n) is 6.59. The fraction of sp³-hybridized carbons (Fsp3) is 0.167. The van der Waals surface area contributed by atoms with Gasteiger partial charge in [-0.3, -0.25) is 4.79 Å². The number of benzene rings is 3. The Morgan fingerprint density at radius 3 is 2.47 bits per heavy atom. The number of ether oxygens (including phenoxy) is 3. The Morgan fingerprint density at radius 1 is 1.00 bits per heavy atom. The van der Waals surface area contributed by atoms with Gasteiger partial charge in [-0.2, -0.15) is 5.10 Å². The number of rotatable bonds is 10. The van der Waals surface area contributed by atoms with Crippen molar-refractivity contribution >= 4 is 23.7 Å². The third kappa shape index (κ3) is 7.28. The van der Waals surface area contributed by atoms with Crippen LogP contribution < -0.4 is 19.6 Å². The van der Waals surface area contributed by atoms with E-state index in [1.165, 1.54) is 18.3 Å². The van der Waals surface area contributed by atoms with Gasteiger partial charge in [-0.15, -0.1) is 0 Å². The van der Waals surface area contributed by atoms with Gasteiger partial charge in [0.2, 0.25) is 0 Å². The highest BCUT2D eigenvalue weighted by atomic mass is 35.5. The summed E-state index contributed by atoms with van der Waals surface area (Å²) in [6, 6.07) is 18.1. The smallest absolute Gasteiger partial charge is 0.277 e.